The highest BCUT2D eigenvalue weighted by atomic mass is 35.5. The average Bonchev–Trinajstić information content (AvgIpc) is 2.78. The van der Waals surface area contributed by atoms with E-state index in [1.807, 2.05) is 61.5 Å². The van der Waals surface area contributed by atoms with Gasteiger partial charge in [0.25, 0.3) is 0 Å². The van der Waals surface area contributed by atoms with E-state index in [1.165, 1.54) is 0 Å². The molecule has 4 aromatic rings. The van der Waals surface area contributed by atoms with E-state index >= 15 is 0 Å². The van der Waals surface area contributed by atoms with Crippen LogP contribution in [0.3, 0.4) is 0 Å². The van der Waals surface area contributed by atoms with Gasteiger partial charge in [0.15, 0.2) is 11.0 Å². The van der Waals surface area contributed by atoms with Crippen LogP contribution in [0.1, 0.15) is 11.1 Å². The molecule has 0 bridgehead atoms. The van der Waals surface area contributed by atoms with Gasteiger partial charge in [0.1, 0.15) is 5.75 Å². The van der Waals surface area contributed by atoms with Gasteiger partial charge in [0.05, 0.1) is 23.8 Å². The Balaban J connectivity index is 1.42. The molecule has 0 atom stereocenters. The predicted molar refractivity (Wildman–Crippen MR) is 129 cm³/mol. The summed E-state index contributed by atoms with van der Waals surface area (Å²) in [5, 5.41) is 9.16. The topological polar surface area (TPSA) is 88.2 Å². The molecule has 162 valence electrons. The molecule has 8 heteroatoms. The molecule has 32 heavy (non-hydrogen) atoms. The Morgan fingerprint density at radius 3 is 2.66 bits per heavy atom. The maximum Gasteiger partial charge on any atom is 0.323 e. The Kier molecular flexibility index (Phi) is 6.37. The lowest BCUT2D eigenvalue weighted by Crippen LogP contribution is -2.20. The quantitative estimate of drug-likeness (QED) is 0.344. The fraction of sp³-hybridized carbons (Fsp3) is 0.125. The minimum Gasteiger partial charge on any atom is -0.495 e. The number of nitrogens with zero attached hydrogens (tertiary/aromatic N) is 2. The van der Waals surface area contributed by atoms with Crippen molar-refractivity contribution in [2.45, 2.75) is 13.5 Å². The summed E-state index contributed by atoms with van der Waals surface area (Å²) in [7, 11) is 1.56. The Bertz CT molecular complexity index is 1280. The van der Waals surface area contributed by atoms with Gasteiger partial charge < -0.3 is 20.7 Å². The van der Waals surface area contributed by atoms with Crippen LogP contribution in [-0.2, 0) is 6.54 Å². The smallest absolute Gasteiger partial charge is 0.323 e. The molecule has 1 heterocycles. The van der Waals surface area contributed by atoms with Gasteiger partial charge in [-0.25, -0.2) is 14.8 Å². The molecule has 0 saturated heterocycles. The molecule has 3 N–H and O–H groups in total. The molecule has 0 fully saturated rings. The molecule has 4 rings (SSSR count). The minimum atomic E-state index is -0.363. The zero-order valence-corrected chi connectivity index (χ0v) is 18.4. The number of halogens is 1. The fourth-order valence-electron chi connectivity index (χ4n) is 3.23. The van der Waals surface area contributed by atoms with Crippen molar-refractivity contribution in [3.63, 3.8) is 0 Å². The Morgan fingerprint density at radius 2 is 1.81 bits per heavy atom. The van der Waals surface area contributed by atoms with E-state index in [4.69, 9.17) is 16.3 Å². The number of aryl methyl sites for hydroxylation is 1. The van der Waals surface area contributed by atoms with E-state index in [9.17, 15) is 4.79 Å². The molecular weight excluding hydrogens is 426 g/mol. The van der Waals surface area contributed by atoms with Crippen molar-refractivity contribution in [1.82, 2.24) is 9.97 Å². The van der Waals surface area contributed by atoms with Crippen molar-refractivity contribution >= 4 is 45.9 Å². The summed E-state index contributed by atoms with van der Waals surface area (Å²) in [6, 6.07) is 20.2. The number of urea groups is 1. The second-order valence-electron chi connectivity index (χ2n) is 7.19. The third-order valence-electron chi connectivity index (χ3n) is 4.78. The summed E-state index contributed by atoms with van der Waals surface area (Å²) < 4.78 is 5.26. The summed E-state index contributed by atoms with van der Waals surface area (Å²) in [6.07, 6.45) is 0. The number of fused-ring (bicyclic) bond motifs is 1. The van der Waals surface area contributed by atoms with E-state index in [2.05, 4.69) is 25.9 Å². The lowest BCUT2D eigenvalue weighted by Gasteiger charge is -2.12. The van der Waals surface area contributed by atoms with Crippen LogP contribution in [0.15, 0.2) is 66.7 Å². The van der Waals surface area contributed by atoms with E-state index in [0.717, 1.165) is 22.2 Å². The van der Waals surface area contributed by atoms with Crippen LogP contribution in [0.4, 0.5) is 22.0 Å². The monoisotopic (exact) mass is 447 g/mol. The van der Waals surface area contributed by atoms with Gasteiger partial charge in [-0.3, -0.25) is 0 Å². The van der Waals surface area contributed by atoms with E-state index < -0.39 is 0 Å². The molecule has 0 aliphatic carbocycles. The first-order valence-electron chi connectivity index (χ1n) is 9.99. The normalized spacial score (nSPS) is 10.6. The zero-order valence-electron chi connectivity index (χ0n) is 17.6. The van der Waals surface area contributed by atoms with Crippen LogP contribution >= 0.6 is 11.6 Å². The number of hydrogen-bond acceptors (Lipinski definition) is 5. The summed E-state index contributed by atoms with van der Waals surface area (Å²) >= 11 is 6.30. The number of nitrogens with one attached hydrogen (secondary N) is 3. The van der Waals surface area contributed by atoms with Crippen molar-refractivity contribution in [2.24, 2.45) is 0 Å². The molecule has 0 aliphatic rings. The van der Waals surface area contributed by atoms with Crippen molar-refractivity contribution in [1.29, 1.82) is 0 Å². The van der Waals surface area contributed by atoms with Gasteiger partial charge in [-0.15, -0.1) is 0 Å². The van der Waals surface area contributed by atoms with Gasteiger partial charge in [-0.2, -0.15) is 0 Å². The third-order valence-corrected chi connectivity index (χ3v) is 5.04. The Hall–Kier alpha value is -3.84. The SMILES string of the molecule is COc1ccccc1NC(=O)Nc1cccc(CNc2nc3cc(C)ccc3nc2Cl)c1. The number of benzene rings is 3. The van der Waals surface area contributed by atoms with Crippen molar-refractivity contribution in [3.05, 3.63) is 83.0 Å². The van der Waals surface area contributed by atoms with E-state index in [1.54, 1.807) is 19.2 Å². The fourth-order valence-corrected chi connectivity index (χ4v) is 3.43. The largest absolute Gasteiger partial charge is 0.495 e. The number of ether oxygens (including phenoxy) is 1. The number of rotatable bonds is 6. The van der Waals surface area contributed by atoms with Gasteiger partial charge in [-0.1, -0.05) is 41.9 Å². The predicted octanol–water partition coefficient (Wildman–Crippen LogP) is 5.86. The standard InChI is InChI=1S/C24H22ClN5O2/c1-15-10-11-18-20(12-15)29-23(22(25)28-18)26-14-16-6-5-7-17(13-16)27-24(31)30-19-8-3-4-9-21(19)32-2/h3-13H,14H2,1-2H3,(H,26,29)(H2,27,30,31). The molecule has 0 unspecified atom stereocenters. The highest BCUT2D eigenvalue weighted by molar-refractivity contribution is 6.32. The van der Waals surface area contributed by atoms with Gasteiger partial charge in [0.2, 0.25) is 0 Å². The minimum absolute atomic E-state index is 0.312. The second kappa shape index (κ2) is 9.53. The number of hydrogen-bond donors (Lipinski definition) is 3. The van der Waals surface area contributed by atoms with E-state index in [0.29, 0.717) is 34.6 Å². The summed E-state index contributed by atoms with van der Waals surface area (Å²) in [4.78, 5) is 21.4. The second-order valence-corrected chi connectivity index (χ2v) is 7.55. The first kappa shape index (κ1) is 21.4. The number of methoxy groups -OCH3 is 1. The molecule has 0 spiro atoms. The lowest BCUT2D eigenvalue weighted by atomic mass is 10.2. The highest BCUT2D eigenvalue weighted by Crippen LogP contribution is 2.24. The molecule has 2 amide bonds. The van der Waals surface area contributed by atoms with Crippen LogP contribution in [-0.4, -0.2) is 23.1 Å². The Morgan fingerprint density at radius 1 is 0.969 bits per heavy atom. The maximum atomic E-state index is 12.4. The van der Waals surface area contributed by atoms with Crippen LogP contribution < -0.4 is 20.7 Å². The van der Waals surface area contributed by atoms with Gasteiger partial charge in [-0.05, 0) is 54.4 Å². The van der Waals surface area contributed by atoms with Gasteiger partial charge >= 0.3 is 6.03 Å². The summed E-state index contributed by atoms with van der Waals surface area (Å²) in [6.45, 7) is 2.47. The van der Waals surface area contributed by atoms with Crippen LogP contribution in [0.2, 0.25) is 5.15 Å². The van der Waals surface area contributed by atoms with Gasteiger partial charge in [0, 0.05) is 12.2 Å². The molecular formula is C24H22ClN5O2. The molecule has 1 aromatic heterocycles. The number of carbonyl (C=O) groups excluding carboxylic acids is 1. The molecule has 7 nitrogen and oxygen atoms in total. The number of carbonyl (C=O) groups is 1. The number of anilines is 3. The lowest BCUT2D eigenvalue weighted by molar-refractivity contribution is 0.262. The zero-order chi connectivity index (χ0) is 22.5. The maximum absolute atomic E-state index is 12.4. The average molecular weight is 448 g/mol. The van der Waals surface area contributed by atoms with Crippen LogP contribution in [0, 0.1) is 6.92 Å². The molecule has 3 aromatic carbocycles. The van der Waals surface area contributed by atoms with Crippen molar-refractivity contribution in [2.75, 3.05) is 23.1 Å². The van der Waals surface area contributed by atoms with E-state index in [-0.39, 0.29) is 6.03 Å². The number of amides is 2. The molecule has 0 aliphatic heterocycles. The summed E-state index contributed by atoms with van der Waals surface area (Å²) in [5.74, 6) is 1.10. The number of aromatic nitrogens is 2. The van der Waals surface area contributed by atoms with Crippen molar-refractivity contribution < 1.29 is 9.53 Å². The third kappa shape index (κ3) is 5.07. The number of para-hydroxylation sites is 2. The molecule has 0 radical (unpaired) electrons. The van der Waals surface area contributed by atoms with Crippen molar-refractivity contribution in [3.8, 4) is 5.75 Å². The first-order valence-corrected chi connectivity index (χ1v) is 10.4. The highest BCUT2D eigenvalue weighted by Gasteiger charge is 2.09. The molecule has 0 saturated carbocycles. The Labute approximate surface area is 190 Å². The summed E-state index contributed by atoms with van der Waals surface area (Å²) in [5.41, 5.74) is 4.82. The van der Waals surface area contributed by atoms with Crippen LogP contribution in [0.25, 0.3) is 11.0 Å². The first-order chi connectivity index (χ1) is 15.5. The van der Waals surface area contributed by atoms with Crippen LogP contribution in [0.5, 0.6) is 5.75 Å².